The summed E-state index contributed by atoms with van der Waals surface area (Å²) in [5.41, 5.74) is -0.441. The average molecular weight is 510 g/mol. The average Bonchev–Trinajstić information content (AvgIpc) is 3.15. The molecule has 0 bridgehead atoms. The number of pyridine rings is 2. The lowest BCUT2D eigenvalue weighted by Gasteiger charge is -2.20. The van der Waals surface area contributed by atoms with E-state index >= 15 is 0 Å². The monoisotopic (exact) mass is 509 g/mol. The summed E-state index contributed by atoms with van der Waals surface area (Å²) in [4.78, 5) is 20.9. The van der Waals surface area contributed by atoms with E-state index in [9.17, 15) is 23.1 Å². The van der Waals surface area contributed by atoms with Gasteiger partial charge in [-0.2, -0.15) is 17.9 Å². The summed E-state index contributed by atoms with van der Waals surface area (Å²) >= 11 is 6.06. The third-order valence-electron chi connectivity index (χ3n) is 5.11. The molecule has 4 aromatic rings. The number of aromatic nitrogens is 5. The summed E-state index contributed by atoms with van der Waals surface area (Å²) in [5.74, 6) is -0.0722. The van der Waals surface area contributed by atoms with Crippen molar-refractivity contribution in [2.45, 2.75) is 39.3 Å². The molecule has 0 fully saturated rings. The standard InChI is InChI=1S/C22H19ClF3N5O4/c1-3-30-17(11-32)29-31(21(30)33)14-9-13-6-8-28-20(35-15-5-4-7-27-19(15)23)18(13)16(10-14)34-12(2)22(24,25)26/h4-10,12,32H,3,11H2,1-2H3/t12-/m0/s1. The molecule has 13 heteroatoms. The van der Waals surface area contributed by atoms with Crippen molar-refractivity contribution in [1.82, 2.24) is 24.3 Å². The maximum absolute atomic E-state index is 13.4. The molecule has 35 heavy (non-hydrogen) atoms. The molecular weight excluding hydrogens is 491 g/mol. The maximum Gasteiger partial charge on any atom is 0.425 e. The lowest BCUT2D eigenvalue weighted by Crippen LogP contribution is -2.31. The molecular formula is C22H19ClF3N5O4. The zero-order chi connectivity index (χ0) is 25.3. The Morgan fingerprint density at radius 2 is 1.94 bits per heavy atom. The van der Waals surface area contributed by atoms with E-state index in [1.54, 1.807) is 13.0 Å². The smallest absolute Gasteiger partial charge is 0.425 e. The first-order chi connectivity index (χ1) is 16.6. The molecule has 0 unspecified atom stereocenters. The largest absolute Gasteiger partial charge is 0.480 e. The summed E-state index contributed by atoms with van der Waals surface area (Å²) in [7, 11) is 0. The van der Waals surface area contributed by atoms with Gasteiger partial charge >= 0.3 is 11.9 Å². The molecule has 1 aromatic carbocycles. The highest BCUT2D eigenvalue weighted by atomic mass is 35.5. The van der Waals surface area contributed by atoms with Crippen LogP contribution in [0.4, 0.5) is 13.2 Å². The van der Waals surface area contributed by atoms with Gasteiger partial charge < -0.3 is 14.6 Å². The highest BCUT2D eigenvalue weighted by molar-refractivity contribution is 6.30. The fraction of sp³-hybridized carbons (Fsp3) is 0.273. The first kappa shape index (κ1) is 24.5. The number of benzene rings is 1. The Kier molecular flexibility index (Phi) is 6.68. The predicted molar refractivity (Wildman–Crippen MR) is 120 cm³/mol. The molecule has 0 radical (unpaired) electrons. The Balaban J connectivity index is 1.93. The number of nitrogens with zero attached hydrogens (tertiary/aromatic N) is 5. The topological polar surface area (TPSA) is 104 Å². The Hall–Kier alpha value is -3.64. The predicted octanol–water partition coefficient (Wildman–Crippen LogP) is 4.26. The van der Waals surface area contributed by atoms with Gasteiger partial charge in [-0.15, -0.1) is 5.10 Å². The molecule has 1 N–H and O–H groups in total. The van der Waals surface area contributed by atoms with Crippen molar-refractivity contribution in [3.05, 3.63) is 64.2 Å². The minimum Gasteiger partial charge on any atom is -0.480 e. The van der Waals surface area contributed by atoms with E-state index in [0.717, 1.165) is 11.6 Å². The van der Waals surface area contributed by atoms with Gasteiger partial charge in [-0.05, 0) is 43.5 Å². The molecule has 0 aliphatic carbocycles. The summed E-state index contributed by atoms with van der Waals surface area (Å²) in [6, 6.07) is 7.38. The van der Waals surface area contributed by atoms with Gasteiger partial charge in [0, 0.05) is 25.0 Å². The number of aliphatic hydroxyl groups excluding tert-OH is 1. The molecule has 3 aromatic heterocycles. The molecule has 184 valence electrons. The number of hydrogen-bond acceptors (Lipinski definition) is 7. The summed E-state index contributed by atoms with van der Waals surface area (Å²) in [6.07, 6.45) is -4.02. The molecule has 0 saturated heterocycles. The molecule has 0 saturated carbocycles. The van der Waals surface area contributed by atoms with Gasteiger partial charge in [0.15, 0.2) is 22.8 Å². The molecule has 0 amide bonds. The van der Waals surface area contributed by atoms with Crippen LogP contribution in [-0.4, -0.2) is 41.7 Å². The Morgan fingerprint density at radius 1 is 1.17 bits per heavy atom. The van der Waals surface area contributed by atoms with Gasteiger partial charge in [0.05, 0.1) is 11.1 Å². The number of rotatable bonds is 7. The maximum atomic E-state index is 13.4. The van der Waals surface area contributed by atoms with Crippen LogP contribution in [0.25, 0.3) is 16.5 Å². The molecule has 0 aliphatic heterocycles. The van der Waals surface area contributed by atoms with Crippen LogP contribution in [0.3, 0.4) is 0 Å². The van der Waals surface area contributed by atoms with E-state index in [4.69, 9.17) is 21.1 Å². The van der Waals surface area contributed by atoms with Crippen LogP contribution in [0.1, 0.15) is 19.7 Å². The SMILES string of the molecule is CCn1c(CO)nn(-c2cc(O[C@@H](C)C(F)(F)F)c3c(Oc4cccnc4Cl)nccc3c2)c1=O. The van der Waals surface area contributed by atoms with Gasteiger partial charge in [-0.25, -0.2) is 14.8 Å². The lowest BCUT2D eigenvalue weighted by atomic mass is 10.1. The molecule has 1 atom stereocenters. The van der Waals surface area contributed by atoms with Gasteiger partial charge in [-0.1, -0.05) is 11.6 Å². The number of alkyl halides is 3. The first-order valence-electron chi connectivity index (χ1n) is 10.4. The van der Waals surface area contributed by atoms with Crippen molar-refractivity contribution in [3.63, 3.8) is 0 Å². The number of fused-ring (bicyclic) bond motifs is 1. The van der Waals surface area contributed by atoms with Crippen molar-refractivity contribution < 1.29 is 27.8 Å². The van der Waals surface area contributed by atoms with Crippen LogP contribution >= 0.6 is 11.6 Å². The minimum absolute atomic E-state index is 0.0299. The fourth-order valence-electron chi connectivity index (χ4n) is 3.37. The second-order valence-electron chi connectivity index (χ2n) is 7.37. The highest BCUT2D eigenvalue weighted by Crippen LogP contribution is 2.39. The second kappa shape index (κ2) is 9.55. The van der Waals surface area contributed by atoms with Crippen molar-refractivity contribution >= 4 is 22.4 Å². The van der Waals surface area contributed by atoms with Gasteiger partial charge in [0.2, 0.25) is 5.88 Å². The quantitative estimate of drug-likeness (QED) is 0.371. The molecule has 0 spiro atoms. The van der Waals surface area contributed by atoms with Crippen LogP contribution < -0.4 is 15.2 Å². The third-order valence-corrected chi connectivity index (χ3v) is 5.40. The van der Waals surface area contributed by atoms with Crippen LogP contribution in [0.2, 0.25) is 5.15 Å². The zero-order valence-electron chi connectivity index (χ0n) is 18.5. The van der Waals surface area contributed by atoms with Crippen LogP contribution in [0.5, 0.6) is 17.4 Å². The van der Waals surface area contributed by atoms with Crippen LogP contribution in [-0.2, 0) is 13.2 Å². The highest BCUT2D eigenvalue weighted by Gasteiger charge is 2.38. The second-order valence-corrected chi connectivity index (χ2v) is 7.73. The van der Waals surface area contributed by atoms with Crippen LogP contribution in [0.15, 0.2) is 47.5 Å². The minimum atomic E-state index is -4.66. The molecule has 4 rings (SSSR count). The van der Waals surface area contributed by atoms with Gasteiger partial charge in [-0.3, -0.25) is 4.57 Å². The lowest BCUT2D eigenvalue weighted by molar-refractivity contribution is -0.189. The number of halogens is 4. The number of ether oxygens (including phenoxy) is 2. The summed E-state index contributed by atoms with van der Waals surface area (Å²) < 4.78 is 53.4. The summed E-state index contributed by atoms with van der Waals surface area (Å²) in [5, 5.41) is 14.2. The van der Waals surface area contributed by atoms with Gasteiger partial charge in [0.1, 0.15) is 12.4 Å². The Labute approximate surface area is 201 Å². The van der Waals surface area contributed by atoms with Gasteiger partial charge in [0.25, 0.3) is 0 Å². The van der Waals surface area contributed by atoms with E-state index in [1.165, 1.54) is 41.2 Å². The van der Waals surface area contributed by atoms with E-state index in [0.29, 0.717) is 5.39 Å². The fourth-order valence-corrected chi connectivity index (χ4v) is 3.53. The van der Waals surface area contributed by atoms with Crippen molar-refractivity contribution in [3.8, 4) is 23.1 Å². The van der Waals surface area contributed by atoms with E-state index in [-0.39, 0.29) is 46.0 Å². The molecule has 0 aliphatic rings. The van der Waals surface area contributed by atoms with Crippen molar-refractivity contribution in [1.29, 1.82) is 0 Å². The van der Waals surface area contributed by atoms with E-state index in [1.807, 2.05) is 0 Å². The number of hydrogen-bond donors (Lipinski definition) is 1. The van der Waals surface area contributed by atoms with Crippen LogP contribution in [0, 0.1) is 0 Å². The Bertz CT molecular complexity index is 1440. The normalized spacial score (nSPS) is 12.7. The molecule has 3 heterocycles. The zero-order valence-corrected chi connectivity index (χ0v) is 19.2. The number of aliphatic hydroxyl groups is 1. The van der Waals surface area contributed by atoms with Crippen molar-refractivity contribution in [2.24, 2.45) is 0 Å². The molecule has 9 nitrogen and oxygen atoms in total. The summed E-state index contributed by atoms with van der Waals surface area (Å²) in [6.45, 7) is 2.30. The first-order valence-corrected chi connectivity index (χ1v) is 10.8. The Morgan fingerprint density at radius 3 is 2.57 bits per heavy atom. The van der Waals surface area contributed by atoms with E-state index in [2.05, 4.69) is 15.1 Å². The third kappa shape index (κ3) is 4.80. The van der Waals surface area contributed by atoms with Crippen molar-refractivity contribution in [2.75, 3.05) is 0 Å². The van der Waals surface area contributed by atoms with E-state index < -0.39 is 24.6 Å².